The highest BCUT2D eigenvalue weighted by Crippen LogP contribution is 2.33. The molecule has 0 aliphatic heterocycles. The SMILES string of the molecule is NC1(c2ncon2)CCc2cc(Br)ccc2C1. The van der Waals surface area contributed by atoms with Crippen molar-refractivity contribution in [3.05, 3.63) is 46.0 Å². The molecule has 3 rings (SSSR count). The highest BCUT2D eigenvalue weighted by Gasteiger charge is 2.35. The van der Waals surface area contributed by atoms with Crippen LogP contribution in [-0.2, 0) is 18.4 Å². The van der Waals surface area contributed by atoms with Crippen LogP contribution in [0, 0.1) is 0 Å². The third kappa shape index (κ3) is 1.89. The van der Waals surface area contributed by atoms with Crippen LogP contribution in [0.4, 0.5) is 0 Å². The number of aryl methyl sites for hydroxylation is 1. The predicted molar refractivity (Wildman–Crippen MR) is 66.3 cm³/mol. The fraction of sp³-hybridized carbons (Fsp3) is 0.333. The summed E-state index contributed by atoms with van der Waals surface area (Å²) in [5, 5.41) is 3.88. The number of halogens is 1. The Labute approximate surface area is 107 Å². The van der Waals surface area contributed by atoms with E-state index in [0.717, 1.165) is 23.7 Å². The minimum Gasteiger partial charge on any atom is -0.343 e. The second-order valence-electron chi connectivity index (χ2n) is 4.50. The molecule has 0 saturated heterocycles. The van der Waals surface area contributed by atoms with Gasteiger partial charge in [0.25, 0.3) is 0 Å². The number of benzene rings is 1. The number of hydrogen-bond donors (Lipinski definition) is 1. The van der Waals surface area contributed by atoms with Crippen molar-refractivity contribution in [1.82, 2.24) is 10.1 Å². The van der Waals surface area contributed by atoms with Gasteiger partial charge in [0.05, 0.1) is 5.54 Å². The van der Waals surface area contributed by atoms with E-state index in [-0.39, 0.29) is 0 Å². The second kappa shape index (κ2) is 3.92. The second-order valence-corrected chi connectivity index (χ2v) is 5.42. The van der Waals surface area contributed by atoms with E-state index in [2.05, 4.69) is 38.2 Å². The van der Waals surface area contributed by atoms with Crippen LogP contribution in [-0.4, -0.2) is 10.1 Å². The summed E-state index contributed by atoms with van der Waals surface area (Å²) >= 11 is 3.49. The van der Waals surface area contributed by atoms with Gasteiger partial charge in [-0.25, -0.2) is 0 Å². The molecule has 0 fully saturated rings. The van der Waals surface area contributed by atoms with Crippen LogP contribution in [0.5, 0.6) is 0 Å². The van der Waals surface area contributed by atoms with Gasteiger partial charge in [0.15, 0.2) is 5.82 Å². The lowest BCUT2D eigenvalue weighted by Crippen LogP contribution is -2.43. The number of aromatic nitrogens is 2. The Morgan fingerprint density at radius 1 is 1.35 bits per heavy atom. The Kier molecular flexibility index (Phi) is 2.52. The molecule has 4 nitrogen and oxygen atoms in total. The molecule has 1 aliphatic carbocycles. The van der Waals surface area contributed by atoms with E-state index < -0.39 is 5.54 Å². The van der Waals surface area contributed by atoms with Crippen molar-refractivity contribution in [2.45, 2.75) is 24.8 Å². The monoisotopic (exact) mass is 293 g/mol. The van der Waals surface area contributed by atoms with Crippen molar-refractivity contribution in [3.8, 4) is 0 Å². The van der Waals surface area contributed by atoms with Crippen LogP contribution in [0.3, 0.4) is 0 Å². The zero-order chi connectivity index (χ0) is 11.9. The standard InChI is InChI=1S/C12H12BrN3O/c13-10-2-1-9-6-12(14,4-3-8(9)5-10)11-15-7-17-16-11/h1-2,5,7H,3-4,6,14H2. The number of rotatable bonds is 1. The lowest BCUT2D eigenvalue weighted by atomic mass is 9.78. The maximum Gasteiger partial charge on any atom is 0.213 e. The number of nitrogens with zero attached hydrogens (tertiary/aromatic N) is 2. The van der Waals surface area contributed by atoms with E-state index in [0.29, 0.717) is 5.82 Å². The van der Waals surface area contributed by atoms with E-state index in [9.17, 15) is 0 Å². The summed E-state index contributed by atoms with van der Waals surface area (Å²) in [7, 11) is 0. The van der Waals surface area contributed by atoms with Gasteiger partial charge >= 0.3 is 0 Å². The molecule has 2 N–H and O–H groups in total. The topological polar surface area (TPSA) is 64.9 Å². The Hall–Kier alpha value is -1.20. The molecule has 0 amide bonds. The molecule has 2 aromatic rings. The average molecular weight is 294 g/mol. The van der Waals surface area contributed by atoms with Gasteiger partial charge in [-0.15, -0.1) is 0 Å². The molecule has 1 aromatic carbocycles. The third-order valence-corrected chi connectivity index (χ3v) is 3.81. The quantitative estimate of drug-likeness (QED) is 0.875. The first-order chi connectivity index (χ1) is 8.17. The van der Waals surface area contributed by atoms with Crippen LogP contribution in [0.15, 0.2) is 33.6 Å². The molecule has 1 aliphatic rings. The van der Waals surface area contributed by atoms with E-state index in [4.69, 9.17) is 10.3 Å². The zero-order valence-corrected chi connectivity index (χ0v) is 10.8. The summed E-state index contributed by atoms with van der Waals surface area (Å²) < 4.78 is 5.90. The molecule has 1 atom stereocenters. The van der Waals surface area contributed by atoms with Gasteiger partial charge in [-0.3, -0.25) is 0 Å². The Balaban J connectivity index is 1.97. The summed E-state index contributed by atoms with van der Waals surface area (Å²) in [4.78, 5) is 4.09. The maximum absolute atomic E-state index is 6.38. The average Bonchev–Trinajstić information content (AvgIpc) is 2.84. The number of hydrogen-bond acceptors (Lipinski definition) is 4. The fourth-order valence-electron chi connectivity index (χ4n) is 2.37. The summed E-state index contributed by atoms with van der Waals surface area (Å²) in [6.07, 6.45) is 3.88. The summed E-state index contributed by atoms with van der Waals surface area (Å²) in [6.45, 7) is 0. The normalized spacial score (nSPS) is 23.4. The van der Waals surface area contributed by atoms with Crippen LogP contribution in [0.2, 0.25) is 0 Å². The molecule has 0 bridgehead atoms. The van der Waals surface area contributed by atoms with Crippen LogP contribution < -0.4 is 5.73 Å². The van der Waals surface area contributed by atoms with Gasteiger partial charge in [0.2, 0.25) is 6.39 Å². The third-order valence-electron chi connectivity index (χ3n) is 3.32. The van der Waals surface area contributed by atoms with Gasteiger partial charge in [0.1, 0.15) is 0 Å². The lowest BCUT2D eigenvalue weighted by Gasteiger charge is -2.31. The smallest absolute Gasteiger partial charge is 0.213 e. The fourth-order valence-corrected chi connectivity index (χ4v) is 2.78. The van der Waals surface area contributed by atoms with Gasteiger partial charge < -0.3 is 10.3 Å². The van der Waals surface area contributed by atoms with E-state index >= 15 is 0 Å². The van der Waals surface area contributed by atoms with Gasteiger partial charge in [-0.05, 0) is 42.5 Å². The van der Waals surface area contributed by atoms with Gasteiger partial charge in [-0.1, -0.05) is 27.2 Å². The molecule has 1 heterocycles. The maximum atomic E-state index is 6.38. The minimum atomic E-state index is -0.492. The molecule has 1 unspecified atom stereocenters. The van der Waals surface area contributed by atoms with E-state index in [1.165, 1.54) is 17.5 Å². The summed E-state index contributed by atoms with van der Waals surface area (Å²) in [5.41, 5.74) is 8.51. The van der Waals surface area contributed by atoms with Gasteiger partial charge in [-0.2, -0.15) is 4.98 Å². The van der Waals surface area contributed by atoms with E-state index in [1.54, 1.807) is 0 Å². The van der Waals surface area contributed by atoms with Crippen molar-refractivity contribution in [2.24, 2.45) is 5.73 Å². The Morgan fingerprint density at radius 2 is 2.24 bits per heavy atom. The van der Waals surface area contributed by atoms with Crippen LogP contribution >= 0.6 is 15.9 Å². The largest absolute Gasteiger partial charge is 0.343 e. The summed E-state index contributed by atoms with van der Waals surface area (Å²) in [5.74, 6) is 0.603. The molecule has 0 radical (unpaired) electrons. The first-order valence-corrected chi connectivity index (χ1v) is 6.30. The molecule has 0 saturated carbocycles. The Bertz CT molecular complexity index is 541. The van der Waals surface area contributed by atoms with Crippen molar-refractivity contribution >= 4 is 15.9 Å². The highest BCUT2D eigenvalue weighted by atomic mass is 79.9. The van der Waals surface area contributed by atoms with Crippen LogP contribution in [0.1, 0.15) is 23.4 Å². The summed E-state index contributed by atoms with van der Waals surface area (Å²) in [6, 6.07) is 6.31. The van der Waals surface area contributed by atoms with Crippen LogP contribution in [0.25, 0.3) is 0 Å². The van der Waals surface area contributed by atoms with E-state index in [1.807, 2.05) is 6.07 Å². The predicted octanol–water partition coefficient (Wildman–Crippen LogP) is 2.17. The number of nitrogens with two attached hydrogens (primary N) is 1. The molecule has 1 aromatic heterocycles. The highest BCUT2D eigenvalue weighted by molar-refractivity contribution is 9.10. The molecule has 0 spiro atoms. The van der Waals surface area contributed by atoms with Crippen molar-refractivity contribution in [1.29, 1.82) is 0 Å². The van der Waals surface area contributed by atoms with Crippen molar-refractivity contribution < 1.29 is 4.52 Å². The first kappa shape index (κ1) is 10.9. The first-order valence-electron chi connectivity index (χ1n) is 5.50. The Morgan fingerprint density at radius 3 is 3.00 bits per heavy atom. The minimum absolute atomic E-state index is 0.492. The molecule has 5 heteroatoms. The zero-order valence-electron chi connectivity index (χ0n) is 9.19. The van der Waals surface area contributed by atoms with Crippen molar-refractivity contribution in [2.75, 3.05) is 0 Å². The van der Waals surface area contributed by atoms with Crippen molar-refractivity contribution in [3.63, 3.8) is 0 Å². The molecular weight excluding hydrogens is 282 g/mol. The van der Waals surface area contributed by atoms with Gasteiger partial charge in [0, 0.05) is 4.47 Å². The molecular formula is C12H12BrN3O. The molecule has 88 valence electrons. The number of fused-ring (bicyclic) bond motifs is 1. The lowest BCUT2D eigenvalue weighted by molar-refractivity contribution is 0.333. The molecule has 17 heavy (non-hydrogen) atoms.